The van der Waals surface area contributed by atoms with Gasteiger partial charge >= 0.3 is 0 Å². The minimum Gasteiger partial charge on any atom is -0.493 e. The van der Waals surface area contributed by atoms with Crippen LogP contribution in [0, 0.1) is 13.8 Å². The Balaban J connectivity index is 1.88. The summed E-state index contributed by atoms with van der Waals surface area (Å²) < 4.78 is 10.8. The third-order valence-electron chi connectivity index (χ3n) is 3.24. The van der Waals surface area contributed by atoms with E-state index < -0.39 is 0 Å². The van der Waals surface area contributed by atoms with Gasteiger partial charge in [0.1, 0.15) is 6.61 Å². The minimum absolute atomic E-state index is 0.178. The van der Waals surface area contributed by atoms with Crippen molar-refractivity contribution < 1.29 is 14.3 Å². The van der Waals surface area contributed by atoms with Crippen LogP contribution in [0.4, 0.5) is 0 Å². The summed E-state index contributed by atoms with van der Waals surface area (Å²) in [6.45, 7) is 7.79. The quantitative estimate of drug-likeness (QED) is 0.234. The van der Waals surface area contributed by atoms with Gasteiger partial charge in [-0.25, -0.2) is 15.4 Å². The molecule has 0 spiro atoms. The van der Waals surface area contributed by atoms with Crippen LogP contribution in [0.3, 0.4) is 0 Å². The van der Waals surface area contributed by atoms with Crippen molar-refractivity contribution in [3.8, 4) is 11.5 Å². The van der Waals surface area contributed by atoms with Gasteiger partial charge in [-0.05, 0) is 43.7 Å². The summed E-state index contributed by atoms with van der Waals surface area (Å²) in [4.78, 5) is 20.5. The predicted octanol–water partition coefficient (Wildman–Crippen LogP) is 2.91. The fourth-order valence-electron chi connectivity index (χ4n) is 2.13. The second-order valence-electron chi connectivity index (χ2n) is 5.53. The summed E-state index contributed by atoms with van der Waals surface area (Å²) in [5, 5.41) is 4.54. The fourth-order valence-corrected chi connectivity index (χ4v) is 2.87. The SMILES string of the molecule is C=CCOc1ccc(/C=N/NC(=O)CSc2nc(C)cc(C)n2)cc1OC. The number of carbonyl (C=O) groups excluding carboxylic acids is 1. The number of benzene rings is 1. The molecule has 142 valence electrons. The summed E-state index contributed by atoms with van der Waals surface area (Å²) in [6, 6.07) is 7.25. The number of methoxy groups -OCH3 is 1. The molecular formula is C19H22N4O3S. The van der Waals surface area contributed by atoms with E-state index in [2.05, 4.69) is 27.1 Å². The Hall–Kier alpha value is -2.87. The van der Waals surface area contributed by atoms with E-state index in [4.69, 9.17) is 9.47 Å². The third-order valence-corrected chi connectivity index (χ3v) is 4.09. The van der Waals surface area contributed by atoms with E-state index in [1.54, 1.807) is 25.3 Å². The molecule has 0 saturated heterocycles. The zero-order chi connectivity index (χ0) is 19.6. The molecule has 1 aromatic carbocycles. The van der Waals surface area contributed by atoms with Crippen molar-refractivity contribution in [2.24, 2.45) is 5.10 Å². The van der Waals surface area contributed by atoms with E-state index in [1.165, 1.54) is 18.0 Å². The maximum Gasteiger partial charge on any atom is 0.250 e. The van der Waals surface area contributed by atoms with Crippen molar-refractivity contribution in [2.45, 2.75) is 19.0 Å². The summed E-state index contributed by atoms with van der Waals surface area (Å²) in [7, 11) is 1.56. The Morgan fingerprint density at radius 3 is 2.67 bits per heavy atom. The topological polar surface area (TPSA) is 85.7 Å². The summed E-state index contributed by atoms with van der Waals surface area (Å²) in [5.41, 5.74) is 5.00. The maximum absolute atomic E-state index is 11.9. The van der Waals surface area contributed by atoms with Crippen molar-refractivity contribution in [2.75, 3.05) is 19.5 Å². The standard InChI is InChI=1S/C19H22N4O3S/c1-5-8-26-16-7-6-15(10-17(16)25-4)11-20-23-18(24)12-27-19-21-13(2)9-14(3)22-19/h5-7,9-11H,1,8,12H2,2-4H3,(H,23,24)/b20-11+. The molecule has 0 atom stereocenters. The van der Waals surface area contributed by atoms with E-state index >= 15 is 0 Å². The molecule has 0 aliphatic rings. The Kier molecular flexibility index (Phi) is 7.81. The Bertz CT molecular complexity index is 819. The molecule has 2 rings (SSSR count). The van der Waals surface area contributed by atoms with Gasteiger partial charge in [0.15, 0.2) is 16.7 Å². The van der Waals surface area contributed by atoms with E-state index in [0.717, 1.165) is 17.0 Å². The van der Waals surface area contributed by atoms with Gasteiger partial charge in [-0.1, -0.05) is 24.4 Å². The fraction of sp³-hybridized carbons (Fsp3) is 0.263. The lowest BCUT2D eigenvalue weighted by Crippen LogP contribution is -2.19. The first-order valence-corrected chi connectivity index (χ1v) is 9.19. The van der Waals surface area contributed by atoms with Gasteiger partial charge in [-0.3, -0.25) is 4.79 Å². The largest absolute Gasteiger partial charge is 0.493 e. The molecule has 1 N–H and O–H groups in total. The molecule has 1 aromatic heterocycles. The highest BCUT2D eigenvalue weighted by Crippen LogP contribution is 2.27. The number of carbonyl (C=O) groups is 1. The normalized spacial score (nSPS) is 10.6. The number of aromatic nitrogens is 2. The molecule has 1 amide bonds. The van der Waals surface area contributed by atoms with Crippen molar-refractivity contribution in [1.82, 2.24) is 15.4 Å². The number of rotatable bonds is 9. The van der Waals surface area contributed by atoms with E-state index in [0.29, 0.717) is 23.3 Å². The van der Waals surface area contributed by atoms with Gasteiger partial charge in [-0.15, -0.1) is 0 Å². The van der Waals surface area contributed by atoms with Crippen LogP contribution in [0.2, 0.25) is 0 Å². The molecule has 0 bridgehead atoms. The first-order valence-electron chi connectivity index (χ1n) is 8.20. The number of hydrazone groups is 1. The average molecular weight is 386 g/mol. The van der Waals surface area contributed by atoms with Crippen LogP contribution >= 0.6 is 11.8 Å². The molecule has 0 saturated carbocycles. The van der Waals surface area contributed by atoms with Gasteiger partial charge in [0.2, 0.25) is 0 Å². The van der Waals surface area contributed by atoms with Crippen molar-refractivity contribution in [3.05, 3.63) is 53.9 Å². The lowest BCUT2D eigenvalue weighted by molar-refractivity contribution is -0.118. The lowest BCUT2D eigenvalue weighted by atomic mass is 10.2. The molecule has 27 heavy (non-hydrogen) atoms. The van der Waals surface area contributed by atoms with E-state index in [9.17, 15) is 4.79 Å². The molecule has 1 heterocycles. The predicted molar refractivity (Wildman–Crippen MR) is 107 cm³/mol. The molecule has 0 radical (unpaired) electrons. The second kappa shape index (κ2) is 10.3. The zero-order valence-corrected chi connectivity index (χ0v) is 16.4. The smallest absolute Gasteiger partial charge is 0.250 e. The van der Waals surface area contributed by atoms with Crippen LogP contribution in [0.15, 0.2) is 47.2 Å². The average Bonchev–Trinajstić information content (AvgIpc) is 2.64. The van der Waals surface area contributed by atoms with Gasteiger partial charge in [0.05, 0.1) is 19.1 Å². The van der Waals surface area contributed by atoms with Crippen molar-refractivity contribution in [1.29, 1.82) is 0 Å². The Labute approximate surface area is 162 Å². The highest BCUT2D eigenvalue weighted by Gasteiger charge is 2.06. The number of ether oxygens (including phenoxy) is 2. The van der Waals surface area contributed by atoms with Crippen LogP contribution in [-0.2, 0) is 4.79 Å². The minimum atomic E-state index is -0.239. The molecular weight excluding hydrogens is 364 g/mol. The number of hydrogen-bond acceptors (Lipinski definition) is 7. The highest BCUT2D eigenvalue weighted by molar-refractivity contribution is 7.99. The van der Waals surface area contributed by atoms with Gasteiger partial charge in [-0.2, -0.15) is 5.10 Å². The summed E-state index contributed by atoms with van der Waals surface area (Å²) in [6.07, 6.45) is 3.20. The maximum atomic E-state index is 11.9. The number of amides is 1. The van der Waals surface area contributed by atoms with Crippen LogP contribution in [0.25, 0.3) is 0 Å². The molecule has 7 nitrogen and oxygen atoms in total. The number of hydrogen-bond donors (Lipinski definition) is 1. The highest BCUT2D eigenvalue weighted by atomic mass is 32.2. The first-order chi connectivity index (χ1) is 13.0. The summed E-state index contributed by atoms with van der Waals surface area (Å²) in [5.74, 6) is 1.13. The molecule has 0 aliphatic carbocycles. The number of nitrogens with zero attached hydrogens (tertiary/aromatic N) is 3. The lowest BCUT2D eigenvalue weighted by Gasteiger charge is -2.09. The first kappa shape index (κ1) is 20.4. The Morgan fingerprint density at radius 1 is 1.26 bits per heavy atom. The van der Waals surface area contributed by atoms with Crippen LogP contribution < -0.4 is 14.9 Å². The van der Waals surface area contributed by atoms with Crippen LogP contribution in [0.5, 0.6) is 11.5 Å². The third kappa shape index (κ3) is 6.74. The Morgan fingerprint density at radius 2 is 2.00 bits per heavy atom. The van der Waals surface area contributed by atoms with Gasteiger partial charge in [0.25, 0.3) is 5.91 Å². The number of aryl methyl sites for hydroxylation is 2. The van der Waals surface area contributed by atoms with Crippen molar-refractivity contribution >= 4 is 23.9 Å². The summed E-state index contributed by atoms with van der Waals surface area (Å²) >= 11 is 1.27. The van der Waals surface area contributed by atoms with E-state index in [1.807, 2.05) is 26.0 Å². The molecule has 0 aliphatic heterocycles. The molecule has 0 unspecified atom stereocenters. The molecule has 2 aromatic rings. The van der Waals surface area contributed by atoms with Gasteiger partial charge < -0.3 is 9.47 Å². The van der Waals surface area contributed by atoms with E-state index in [-0.39, 0.29) is 11.7 Å². The van der Waals surface area contributed by atoms with Gasteiger partial charge in [0, 0.05) is 11.4 Å². The zero-order valence-electron chi connectivity index (χ0n) is 15.6. The monoisotopic (exact) mass is 386 g/mol. The van der Waals surface area contributed by atoms with Crippen LogP contribution in [0.1, 0.15) is 17.0 Å². The van der Waals surface area contributed by atoms with Crippen molar-refractivity contribution in [3.63, 3.8) is 0 Å². The number of nitrogens with one attached hydrogen (secondary N) is 1. The number of thioether (sulfide) groups is 1. The van der Waals surface area contributed by atoms with Crippen LogP contribution in [-0.4, -0.2) is 41.6 Å². The molecule has 0 fully saturated rings. The molecule has 8 heteroatoms. The second-order valence-corrected chi connectivity index (χ2v) is 6.47.